The first-order chi connectivity index (χ1) is 15.1. The number of aldehydes is 2. The minimum Gasteiger partial charge on any atom is -0.298 e. The molecule has 0 spiro atoms. The number of rotatable bonds is 6. The fourth-order valence-electron chi connectivity index (χ4n) is 3.53. The summed E-state index contributed by atoms with van der Waals surface area (Å²) in [5, 5.41) is 0. The Kier molecular flexibility index (Phi) is 5.67. The normalized spacial score (nSPS) is 10.5. The van der Waals surface area contributed by atoms with Crippen molar-refractivity contribution in [3.63, 3.8) is 0 Å². The lowest BCUT2D eigenvalue weighted by Gasteiger charge is -2.12. The van der Waals surface area contributed by atoms with Crippen molar-refractivity contribution in [3.8, 4) is 33.4 Å². The van der Waals surface area contributed by atoms with Crippen LogP contribution >= 0.6 is 0 Å². The first-order valence-electron chi connectivity index (χ1n) is 9.95. The van der Waals surface area contributed by atoms with Gasteiger partial charge in [-0.3, -0.25) is 14.4 Å². The molecule has 4 aromatic rings. The minimum atomic E-state index is 0.0338. The third-order valence-corrected chi connectivity index (χ3v) is 5.32. The summed E-state index contributed by atoms with van der Waals surface area (Å²) in [6.45, 7) is 1.56. The molecule has 0 radical (unpaired) electrons. The smallest absolute Gasteiger partial charge is 0.159 e. The van der Waals surface area contributed by atoms with Gasteiger partial charge in [0.1, 0.15) is 12.6 Å². The maximum atomic E-state index is 11.6. The molecule has 4 aromatic carbocycles. The lowest BCUT2D eigenvalue weighted by molar-refractivity contribution is 0.101. The molecule has 0 bridgehead atoms. The number of Topliss-reactive ketones (excluding diaryl/α,β-unsaturated/α-hetero) is 1. The summed E-state index contributed by atoms with van der Waals surface area (Å²) in [6, 6.07) is 28.8. The molecule has 0 saturated carbocycles. The Morgan fingerprint density at radius 2 is 0.839 bits per heavy atom. The molecule has 0 aliphatic carbocycles. The van der Waals surface area contributed by atoms with E-state index in [9.17, 15) is 14.4 Å². The van der Waals surface area contributed by atoms with E-state index in [0.717, 1.165) is 46.0 Å². The van der Waals surface area contributed by atoms with E-state index in [1.807, 2.05) is 48.5 Å². The van der Waals surface area contributed by atoms with Gasteiger partial charge in [0.2, 0.25) is 0 Å². The first-order valence-corrected chi connectivity index (χ1v) is 9.95. The van der Waals surface area contributed by atoms with E-state index >= 15 is 0 Å². The molecule has 0 heterocycles. The van der Waals surface area contributed by atoms with Crippen LogP contribution < -0.4 is 0 Å². The van der Waals surface area contributed by atoms with Gasteiger partial charge in [0.15, 0.2) is 5.78 Å². The lowest BCUT2D eigenvalue weighted by atomic mass is 9.92. The van der Waals surface area contributed by atoms with E-state index in [1.54, 1.807) is 31.2 Å². The van der Waals surface area contributed by atoms with Gasteiger partial charge in [0.25, 0.3) is 0 Å². The van der Waals surface area contributed by atoms with Gasteiger partial charge in [-0.2, -0.15) is 0 Å². The van der Waals surface area contributed by atoms with Crippen molar-refractivity contribution in [2.45, 2.75) is 6.92 Å². The number of ketones is 1. The Labute approximate surface area is 181 Å². The Hall–Kier alpha value is -4.11. The highest BCUT2D eigenvalue weighted by Crippen LogP contribution is 2.33. The van der Waals surface area contributed by atoms with Crippen molar-refractivity contribution in [1.82, 2.24) is 0 Å². The minimum absolute atomic E-state index is 0.0338. The van der Waals surface area contributed by atoms with Crippen molar-refractivity contribution in [2.24, 2.45) is 0 Å². The molecule has 0 aliphatic rings. The summed E-state index contributed by atoms with van der Waals surface area (Å²) in [4.78, 5) is 33.6. The molecule has 31 heavy (non-hydrogen) atoms. The Balaban J connectivity index is 1.85. The third kappa shape index (κ3) is 4.41. The van der Waals surface area contributed by atoms with Crippen molar-refractivity contribution in [2.75, 3.05) is 0 Å². The monoisotopic (exact) mass is 404 g/mol. The van der Waals surface area contributed by atoms with Crippen molar-refractivity contribution in [3.05, 3.63) is 108 Å². The number of carbonyl (C=O) groups is 3. The summed E-state index contributed by atoms with van der Waals surface area (Å²) in [7, 11) is 0. The van der Waals surface area contributed by atoms with Crippen LogP contribution in [0, 0.1) is 0 Å². The molecule has 0 N–H and O–H groups in total. The Morgan fingerprint density at radius 3 is 1.13 bits per heavy atom. The van der Waals surface area contributed by atoms with Crippen LogP contribution in [0.5, 0.6) is 0 Å². The number of benzene rings is 4. The number of hydrogen-bond acceptors (Lipinski definition) is 3. The van der Waals surface area contributed by atoms with Gasteiger partial charge in [-0.15, -0.1) is 0 Å². The maximum Gasteiger partial charge on any atom is 0.159 e. The molecule has 3 nitrogen and oxygen atoms in total. The first kappa shape index (κ1) is 20.2. The second kappa shape index (κ2) is 8.72. The van der Waals surface area contributed by atoms with Crippen molar-refractivity contribution >= 4 is 18.4 Å². The van der Waals surface area contributed by atoms with E-state index in [-0.39, 0.29) is 5.78 Å². The molecule has 0 saturated heterocycles. The average Bonchev–Trinajstić information content (AvgIpc) is 2.84. The maximum absolute atomic E-state index is 11.6. The van der Waals surface area contributed by atoms with E-state index in [4.69, 9.17) is 0 Å². The zero-order chi connectivity index (χ0) is 21.8. The van der Waals surface area contributed by atoms with Crippen LogP contribution in [0.2, 0.25) is 0 Å². The average molecular weight is 404 g/mol. The molecule has 3 heteroatoms. The topological polar surface area (TPSA) is 51.2 Å². The quantitative estimate of drug-likeness (QED) is 0.272. The van der Waals surface area contributed by atoms with Crippen LogP contribution in [0.4, 0.5) is 0 Å². The van der Waals surface area contributed by atoms with Crippen LogP contribution in [-0.2, 0) is 0 Å². The predicted molar refractivity (Wildman–Crippen MR) is 124 cm³/mol. The molecular weight excluding hydrogens is 384 g/mol. The van der Waals surface area contributed by atoms with Gasteiger partial charge in [0.05, 0.1) is 0 Å². The molecule has 0 fully saturated rings. The van der Waals surface area contributed by atoms with Crippen molar-refractivity contribution < 1.29 is 14.4 Å². The number of carbonyl (C=O) groups excluding carboxylic acids is 3. The summed E-state index contributed by atoms with van der Waals surface area (Å²) in [5.74, 6) is 0.0338. The zero-order valence-corrected chi connectivity index (χ0v) is 17.0. The standard InChI is InChI=1S/C28H20O3/c1-19(31)22-10-12-25(13-11-22)28-15-26(23-6-2-20(17-29)3-7-23)14-27(16-28)24-8-4-21(18-30)5-9-24/h2-18H,1H3. The zero-order valence-electron chi connectivity index (χ0n) is 17.0. The molecule has 0 aliphatic heterocycles. The highest BCUT2D eigenvalue weighted by molar-refractivity contribution is 5.94. The molecule has 0 amide bonds. The van der Waals surface area contributed by atoms with Gasteiger partial charge in [0, 0.05) is 16.7 Å². The molecule has 4 rings (SSSR count). The number of hydrogen-bond donors (Lipinski definition) is 0. The van der Waals surface area contributed by atoms with Gasteiger partial charge in [-0.05, 0) is 58.5 Å². The Morgan fingerprint density at radius 1 is 0.516 bits per heavy atom. The van der Waals surface area contributed by atoms with E-state index in [1.165, 1.54) is 0 Å². The summed E-state index contributed by atoms with van der Waals surface area (Å²) in [5.41, 5.74) is 7.98. The third-order valence-electron chi connectivity index (χ3n) is 5.32. The molecule has 0 unspecified atom stereocenters. The van der Waals surface area contributed by atoms with Crippen molar-refractivity contribution in [1.29, 1.82) is 0 Å². The highest BCUT2D eigenvalue weighted by atomic mass is 16.1. The van der Waals surface area contributed by atoms with Crippen LogP contribution in [0.15, 0.2) is 91.0 Å². The SMILES string of the molecule is CC(=O)c1ccc(-c2cc(-c3ccc(C=O)cc3)cc(-c3ccc(C=O)cc3)c2)cc1. The molecule has 150 valence electrons. The lowest BCUT2D eigenvalue weighted by Crippen LogP contribution is -1.91. The summed E-state index contributed by atoms with van der Waals surface area (Å²) < 4.78 is 0. The van der Waals surface area contributed by atoms with Gasteiger partial charge in [-0.1, -0.05) is 72.8 Å². The second-order valence-electron chi connectivity index (χ2n) is 7.41. The molecule has 0 aromatic heterocycles. The fourth-order valence-corrected chi connectivity index (χ4v) is 3.53. The van der Waals surface area contributed by atoms with Crippen LogP contribution in [-0.4, -0.2) is 18.4 Å². The summed E-state index contributed by atoms with van der Waals surface area (Å²) >= 11 is 0. The van der Waals surface area contributed by atoms with Gasteiger partial charge >= 0.3 is 0 Å². The largest absolute Gasteiger partial charge is 0.298 e. The second-order valence-corrected chi connectivity index (χ2v) is 7.41. The Bertz CT molecular complexity index is 1180. The predicted octanol–water partition coefficient (Wildman–Crippen LogP) is 6.52. The molecule has 0 atom stereocenters. The van der Waals surface area contributed by atoms with Gasteiger partial charge < -0.3 is 0 Å². The molecular formula is C28H20O3. The van der Waals surface area contributed by atoms with E-state index in [0.29, 0.717) is 16.7 Å². The summed E-state index contributed by atoms with van der Waals surface area (Å²) in [6.07, 6.45) is 1.66. The van der Waals surface area contributed by atoms with Crippen LogP contribution in [0.1, 0.15) is 38.0 Å². The van der Waals surface area contributed by atoms with Gasteiger partial charge in [-0.25, -0.2) is 0 Å². The van der Waals surface area contributed by atoms with E-state index < -0.39 is 0 Å². The van der Waals surface area contributed by atoms with E-state index in [2.05, 4.69) is 18.2 Å². The highest BCUT2D eigenvalue weighted by Gasteiger charge is 2.09. The van der Waals surface area contributed by atoms with Crippen LogP contribution in [0.25, 0.3) is 33.4 Å². The fraction of sp³-hybridized carbons (Fsp3) is 0.0357. The van der Waals surface area contributed by atoms with Crippen LogP contribution in [0.3, 0.4) is 0 Å².